The lowest BCUT2D eigenvalue weighted by molar-refractivity contribution is -0.121. The lowest BCUT2D eigenvalue weighted by atomic mass is 10.3. The second kappa shape index (κ2) is 10.3. The van der Waals surface area contributed by atoms with Crippen LogP contribution in [0.3, 0.4) is 0 Å². The number of unbranched alkanes of at least 4 members (excludes halogenated alkanes) is 1. The summed E-state index contributed by atoms with van der Waals surface area (Å²) in [4.78, 5) is 11.8. The minimum atomic E-state index is -0.319. The molecule has 0 atom stereocenters. The predicted octanol–water partition coefficient (Wildman–Crippen LogP) is 3.76. The molecule has 0 aliphatic carbocycles. The summed E-state index contributed by atoms with van der Waals surface area (Å²) in [6, 6.07) is 16.6. The Bertz CT molecular complexity index is 675. The van der Waals surface area contributed by atoms with E-state index in [1.54, 1.807) is 12.1 Å². The Morgan fingerprint density at radius 2 is 1.68 bits per heavy atom. The summed E-state index contributed by atoms with van der Waals surface area (Å²) in [5.41, 5.74) is 0.775. The van der Waals surface area contributed by atoms with E-state index in [0.717, 1.165) is 24.3 Å². The Kier molecular flexibility index (Phi) is 7.72. The molecule has 2 rings (SSSR count). The van der Waals surface area contributed by atoms with Gasteiger partial charge in [-0.15, -0.1) is 0 Å². The molecule has 0 aliphatic rings. The third-order valence-corrected chi connectivity index (χ3v) is 3.45. The van der Waals surface area contributed by atoms with E-state index >= 15 is 0 Å². The molecule has 0 radical (unpaired) electrons. The van der Waals surface area contributed by atoms with Crippen molar-refractivity contribution in [3.8, 4) is 11.5 Å². The molecule has 0 unspecified atom stereocenters. The number of hydrogen-bond donors (Lipinski definition) is 2. The van der Waals surface area contributed by atoms with E-state index in [9.17, 15) is 4.79 Å². The fraction of sp³-hybridized carbons (Fsp3) is 0.263. The van der Waals surface area contributed by atoms with Gasteiger partial charge < -0.3 is 14.8 Å². The molecular weight excluding hydrogens is 336 g/mol. The van der Waals surface area contributed by atoms with Gasteiger partial charge in [0.05, 0.1) is 6.61 Å². The summed E-state index contributed by atoms with van der Waals surface area (Å²) >= 11 is 5.13. The largest absolute Gasteiger partial charge is 0.494 e. The maximum absolute atomic E-state index is 11.8. The van der Waals surface area contributed by atoms with Crippen molar-refractivity contribution in [1.82, 2.24) is 5.32 Å². The first-order valence-corrected chi connectivity index (χ1v) is 8.59. The first kappa shape index (κ1) is 18.7. The number of anilines is 1. The number of amides is 1. The molecule has 2 aromatic carbocycles. The fourth-order valence-electron chi connectivity index (χ4n) is 1.96. The summed E-state index contributed by atoms with van der Waals surface area (Å²) in [6.07, 6.45) is 2.13. The number of hydrogen-bond acceptors (Lipinski definition) is 4. The summed E-state index contributed by atoms with van der Waals surface area (Å²) in [5.74, 6) is 1.13. The van der Waals surface area contributed by atoms with Gasteiger partial charge in [0, 0.05) is 5.69 Å². The smallest absolute Gasteiger partial charge is 0.264 e. The molecule has 6 heteroatoms. The summed E-state index contributed by atoms with van der Waals surface area (Å²) in [5, 5.41) is 5.76. The molecule has 5 nitrogen and oxygen atoms in total. The first-order valence-electron chi connectivity index (χ1n) is 8.19. The quantitative estimate of drug-likeness (QED) is 0.556. The Hall–Kier alpha value is -2.60. The zero-order chi connectivity index (χ0) is 17.9. The number of para-hydroxylation sites is 1. The van der Waals surface area contributed by atoms with E-state index in [4.69, 9.17) is 21.7 Å². The Morgan fingerprint density at radius 3 is 2.36 bits per heavy atom. The SMILES string of the molecule is CCCCOc1ccc(NC(=S)NC(=O)COc2ccccc2)cc1. The van der Waals surface area contributed by atoms with Crippen molar-refractivity contribution in [1.29, 1.82) is 0 Å². The highest BCUT2D eigenvalue weighted by Gasteiger charge is 2.06. The second-order valence-corrected chi connectivity index (χ2v) is 5.74. The minimum absolute atomic E-state index is 0.101. The van der Waals surface area contributed by atoms with Gasteiger partial charge >= 0.3 is 0 Å². The molecule has 25 heavy (non-hydrogen) atoms. The van der Waals surface area contributed by atoms with Crippen LogP contribution >= 0.6 is 12.2 Å². The van der Waals surface area contributed by atoms with Gasteiger partial charge in [-0.1, -0.05) is 31.5 Å². The van der Waals surface area contributed by atoms with Crippen LogP contribution in [0.4, 0.5) is 5.69 Å². The van der Waals surface area contributed by atoms with Crippen LogP contribution in [0.2, 0.25) is 0 Å². The van der Waals surface area contributed by atoms with Gasteiger partial charge in [0.25, 0.3) is 5.91 Å². The van der Waals surface area contributed by atoms with Gasteiger partial charge in [0.15, 0.2) is 11.7 Å². The average Bonchev–Trinajstić information content (AvgIpc) is 2.62. The molecule has 1 amide bonds. The molecule has 132 valence electrons. The van der Waals surface area contributed by atoms with Crippen LogP contribution in [0.5, 0.6) is 11.5 Å². The van der Waals surface area contributed by atoms with Crippen LogP contribution in [0.25, 0.3) is 0 Å². The number of carbonyl (C=O) groups excluding carboxylic acids is 1. The van der Waals surface area contributed by atoms with E-state index in [-0.39, 0.29) is 17.6 Å². The van der Waals surface area contributed by atoms with E-state index in [0.29, 0.717) is 12.4 Å². The number of ether oxygens (including phenoxy) is 2. The second-order valence-electron chi connectivity index (χ2n) is 5.33. The Morgan fingerprint density at radius 1 is 1.00 bits per heavy atom. The first-order chi connectivity index (χ1) is 12.2. The van der Waals surface area contributed by atoms with Crippen LogP contribution in [0.15, 0.2) is 54.6 Å². The molecule has 0 fully saturated rings. The lowest BCUT2D eigenvalue weighted by Gasteiger charge is -2.11. The van der Waals surface area contributed by atoms with E-state index in [1.807, 2.05) is 42.5 Å². The maximum Gasteiger partial charge on any atom is 0.264 e. The summed E-state index contributed by atoms with van der Waals surface area (Å²) < 4.78 is 11.0. The van der Waals surface area contributed by atoms with Gasteiger partial charge in [-0.05, 0) is 55.0 Å². The fourth-order valence-corrected chi connectivity index (χ4v) is 2.19. The van der Waals surface area contributed by atoms with Crippen LogP contribution in [-0.4, -0.2) is 24.2 Å². The lowest BCUT2D eigenvalue weighted by Crippen LogP contribution is -2.37. The van der Waals surface area contributed by atoms with Gasteiger partial charge in [0.1, 0.15) is 11.5 Å². The van der Waals surface area contributed by atoms with E-state index < -0.39 is 0 Å². The number of rotatable bonds is 8. The summed E-state index contributed by atoms with van der Waals surface area (Å²) in [7, 11) is 0. The highest BCUT2D eigenvalue weighted by atomic mass is 32.1. The van der Waals surface area contributed by atoms with Crippen molar-refractivity contribution in [2.45, 2.75) is 19.8 Å². The van der Waals surface area contributed by atoms with Crippen LogP contribution < -0.4 is 20.1 Å². The predicted molar refractivity (Wildman–Crippen MR) is 103 cm³/mol. The average molecular weight is 358 g/mol. The number of benzene rings is 2. The Labute approximate surface area is 153 Å². The molecule has 0 saturated heterocycles. The third kappa shape index (κ3) is 7.22. The monoisotopic (exact) mass is 358 g/mol. The van der Waals surface area contributed by atoms with Gasteiger partial charge in [-0.25, -0.2) is 0 Å². The molecule has 0 aliphatic heterocycles. The zero-order valence-electron chi connectivity index (χ0n) is 14.2. The minimum Gasteiger partial charge on any atom is -0.494 e. The van der Waals surface area contributed by atoms with Crippen molar-refractivity contribution in [3.63, 3.8) is 0 Å². The van der Waals surface area contributed by atoms with Crippen LogP contribution in [-0.2, 0) is 4.79 Å². The number of thiocarbonyl (C=S) groups is 1. The molecule has 2 aromatic rings. The number of carbonyl (C=O) groups is 1. The van der Waals surface area contributed by atoms with Crippen molar-refractivity contribution < 1.29 is 14.3 Å². The molecule has 0 bridgehead atoms. The standard InChI is InChI=1S/C19H22N2O3S/c1-2-3-13-23-17-11-9-15(10-12-17)20-19(25)21-18(22)14-24-16-7-5-4-6-8-16/h4-12H,2-3,13-14H2,1H3,(H2,20,21,22,25). The van der Waals surface area contributed by atoms with Gasteiger partial charge in [-0.3, -0.25) is 10.1 Å². The van der Waals surface area contributed by atoms with Crippen molar-refractivity contribution in [2.24, 2.45) is 0 Å². The van der Waals surface area contributed by atoms with Crippen molar-refractivity contribution in [3.05, 3.63) is 54.6 Å². The topological polar surface area (TPSA) is 59.6 Å². The molecule has 0 heterocycles. The van der Waals surface area contributed by atoms with Gasteiger partial charge in [0.2, 0.25) is 0 Å². The van der Waals surface area contributed by atoms with Crippen LogP contribution in [0.1, 0.15) is 19.8 Å². The van der Waals surface area contributed by atoms with Crippen molar-refractivity contribution >= 4 is 28.9 Å². The summed E-state index contributed by atoms with van der Waals surface area (Å²) in [6.45, 7) is 2.73. The normalized spacial score (nSPS) is 9.96. The zero-order valence-corrected chi connectivity index (χ0v) is 15.0. The van der Waals surface area contributed by atoms with E-state index in [1.165, 1.54) is 0 Å². The molecule has 0 saturated carbocycles. The van der Waals surface area contributed by atoms with E-state index in [2.05, 4.69) is 17.6 Å². The van der Waals surface area contributed by atoms with Gasteiger partial charge in [-0.2, -0.15) is 0 Å². The molecule has 0 spiro atoms. The van der Waals surface area contributed by atoms with Crippen molar-refractivity contribution in [2.75, 3.05) is 18.5 Å². The van der Waals surface area contributed by atoms with Crippen LogP contribution in [0, 0.1) is 0 Å². The molecular formula is C19H22N2O3S. The molecule has 0 aromatic heterocycles. The maximum atomic E-state index is 11.8. The highest BCUT2D eigenvalue weighted by Crippen LogP contribution is 2.16. The highest BCUT2D eigenvalue weighted by molar-refractivity contribution is 7.80. The third-order valence-electron chi connectivity index (χ3n) is 3.24. The molecule has 2 N–H and O–H groups in total. The number of nitrogens with one attached hydrogen (secondary N) is 2. The Balaban J connectivity index is 1.72.